The predicted molar refractivity (Wildman–Crippen MR) is 206 cm³/mol. The Labute approximate surface area is 303 Å². The van der Waals surface area contributed by atoms with Crippen molar-refractivity contribution in [1.29, 1.82) is 0 Å². The van der Waals surface area contributed by atoms with E-state index in [-0.39, 0.29) is 0 Å². The number of piperidine rings is 2. The second-order valence-electron chi connectivity index (χ2n) is 14.1. The normalized spacial score (nSPS) is 16.3. The third-order valence-corrected chi connectivity index (χ3v) is 10.0. The van der Waals surface area contributed by atoms with Gasteiger partial charge in [-0.25, -0.2) is 9.97 Å². The van der Waals surface area contributed by atoms with Gasteiger partial charge in [0.2, 0.25) is 11.9 Å². The topological polar surface area (TPSA) is 196 Å². The highest BCUT2D eigenvalue weighted by Gasteiger charge is 2.21. The summed E-state index contributed by atoms with van der Waals surface area (Å²) in [4.78, 5) is 32.0. The molecular formula is C36H48N16. The lowest BCUT2D eigenvalue weighted by atomic mass is 9.99. The van der Waals surface area contributed by atoms with Gasteiger partial charge in [0.25, 0.3) is 0 Å². The molecule has 0 saturated carbocycles. The smallest absolute Gasteiger partial charge is 0.226 e. The summed E-state index contributed by atoms with van der Waals surface area (Å²) in [6, 6.07) is 2.71. The van der Waals surface area contributed by atoms with Crippen LogP contribution in [0, 0.1) is 13.8 Å². The molecule has 8 heterocycles. The maximum absolute atomic E-state index is 6.33. The van der Waals surface area contributed by atoms with Crippen molar-refractivity contribution in [1.82, 2.24) is 59.3 Å². The summed E-state index contributed by atoms with van der Waals surface area (Å²) < 4.78 is 3.54. The first kappa shape index (κ1) is 34.9. The SMILES string of the molecule is CN1CCC(Nc2nc(N)c3cc(-c4cnn(C)c4)cnc3n2)CC1.Cc1nc2nc(NC3CCN(C)CC3)nc(N)c2c(C)c1-c1cnn(C)c1. The number of nitrogen functional groups attached to an aromatic ring is 2. The van der Waals surface area contributed by atoms with Crippen LogP contribution in [0.2, 0.25) is 0 Å². The maximum atomic E-state index is 6.33. The van der Waals surface area contributed by atoms with Gasteiger partial charge in [0, 0.05) is 72.7 Å². The van der Waals surface area contributed by atoms with Crippen molar-refractivity contribution in [2.24, 2.45) is 14.1 Å². The Bertz CT molecular complexity index is 2190. The summed E-state index contributed by atoms with van der Waals surface area (Å²) in [6.45, 7) is 8.35. The van der Waals surface area contributed by atoms with E-state index in [1.165, 1.54) is 0 Å². The predicted octanol–water partition coefficient (Wildman–Crippen LogP) is 3.64. The van der Waals surface area contributed by atoms with Gasteiger partial charge in [0.05, 0.1) is 23.2 Å². The fraction of sp³-hybridized carbons (Fsp3) is 0.444. The van der Waals surface area contributed by atoms with Crippen LogP contribution >= 0.6 is 0 Å². The number of fused-ring (bicyclic) bond motifs is 2. The van der Waals surface area contributed by atoms with Gasteiger partial charge in [-0.3, -0.25) is 9.36 Å². The van der Waals surface area contributed by atoms with Crippen LogP contribution in [0.5, 0.6) is 0 Å². The molecule has 8 rings (SSSR count). The van der Waals surface area contributed by atoms with Crippen molar-refractivity contribution >= 4 is 45.6 Å². The standard InChI is InChI=1S/C19H26N8.C17H22N8/c1-11-15(13-9-21-27(4)10-13)12(2)22-18-16(11)17(20)24-19(25-18)23-14-5-7-26(3)8-6-14;1-24-5-3-13(4-6-24)21-17-22-15(18)14-7-11(8-19-16(14)23-17)12-9-20-25(2)10-12/h9-10,14H,5-8H2,1-4H3,(H3,20,22,23,24,25);7-10,13H,3-6H2,1-2H3,(H3,18,19,21,22,23). The molecule has 2 saturated heterocycles. The van der Waals surface area contributed by atoms with Crippen LogP contribution in [0.15, 0.2) is 37.1 Å². The minimum atomic E-state index is 0.370. The first-order chi connectivity index (χ1) is 25.0. The van der Waals surface area contributed by atoms with Gasteiger partial charge in [0.1, 0.15) is 11.6 Å². The number of aryl methyl sites for hydroxylation is 4. The van der Waals surface area contributed by atoms with Gasteiger partial charge in [-0.15, -0.1) is 0 Å². The number of anilines is 4. The van der Waals surface area contributed by atoms with Crippen molar-refractivity contribution in [2.75, 3.05) is 62.4 Å². The molecule has 2 fully saturated rings. The Morgan fingerprint density at radius 1 is 0.635 bits per heavy atom. The van der Waals surface area contributed by atoms with Crippen molar-refractivity contribution in [3.05, 3.63) is 48.3 Å². The number of aromatic nitrogens is 10. The van der Waals surface area contributed by atoms with E-state index in [1.54, 1.807) is 21.8 Å². The monoisotopic (exact) mass is 704 g/mol. The fourth-order valence-electron chi connectivity index (χ4n) is 7.06. The van der Waals surface area contributed by atoms with Crippen molar-refractivity contribution < 1.29 is 0 Å². The molecule has 6 N–H and O–H groups in total. The zero-order chi connectivity index (χ0) is 36.5. The number of hydrogen-bond acceptors (Lipinski definition) is 14. The third-order valence-electron chi connectivity index (χ3n) is 10.0. The Morgan fingerprint density at radius 3 is 1.73 bits per heavy atom. The lowest BCUT2D eigenvalue weighted by molar-refractivity contribution is 0.263. The molecule has 0 aromatic carbocycles. The molecule has 0 spiro atoms. The number of nitrogens with zero attached hydrogens (tertiary/aromatic N) is 12. The quantitative estimate of drug-likeness (QED) is 0.196. The Hall–Kier alpha value is -5.48. The highest BCUT2D eigenvalue weighted by Crippen LogP contribution is 2.33. The second kappa shape index (κ2) is 14.6. The summed E-state index contributed by atoms with van der Waals surface area (Å²) >= 11 is 0. The summed E-state index contributed by atoms with van der Waals surface area (Å²) in [5.74, 6) is 2.03. The van der Waals surface area contributed by atoms with Crippen LogP contribution in [0.3, 0.4) is 0 Å². The number of rotatable bonds is 6. The van der Waals surface area contributed by atoms with Gasteiger partial charge in [-0.1, -0.05) is 0 Å². The Balaban J connectivity index is 0.000000162. The van der Waals surface area contributed by atoms with E-state index < -0.39 is 0 Å². The maximum Gasteiger partial charge on any atom is 0.226 e. The lowest BCUT2D eigenvalue weighted by Crippen LogP contribution is -2.37. The van der Waals surface area contributed by atoms with E-state index in [4.69, 9.17) is 16.5 Å². The minimum Gasteiger partial charge on any atom is -0.383 e. The second-order valence-corrected chi connectivity index (χ2v) is 14.1. The third kappa shape index (κ3) is 7.57. The first-order valence-electron chi connectivity index (χ1n) is 17.8. The van der Waals surface area contributed by atoms with Crippen LogP contribution < -0.4 is 22.1 Å². The molecule has 0 aliphatic carbocycles. The van der Waals surface area contributed by atoms with E-state index >= 15 is 0 Å². The molecule has 0 unspecified atom stereocenters. The molecule has 2 aliphatic heterocycles. The molecular weight excluding hydrogens is 657 g/mol. The molecule has 6 aromatic heterocycles. The Kier molecular flexibility index (Phi) is 9.83. The zero-order valence-corrected chi connectivity index (χ0v) is 30.8. The molecule has 0 bridgehead atoms. The number of hydrogen-bond donors (Lipinski definition) is 4. The Morgan fingerprint density at radius 2 is 1.17 bits per heavy atom. The van der Waals surface area contributed by atoms with Gasteiger partial charge in [0.15, 0.2) is 11.3 Å². The zero-order valence-electron chi connectivity index (χ0n) is 30.8. The summed E-state index contributed by atoms with van der Waals surface area (Å²) in [7, 11) is 8.08. The molecule has 16 heteroatoms. The van der Waals surface area contributed by atoms with Gasteiger partial charge in [-0.2, -0.15) is 30.1 Å². The van der Waals surface area contributed by atoms with E-state index in [0.717, 1.165) is 96.1 Å². The van der Waals surface area contributed by atoms with Crippen LogP contribution in [0.1, 0.15) is 36.9 Å². The molecule has 272 valence electrons. The van der Waals surface area contributed by atoms with Gasteiger partial charge >= 0.3 is 0 Å². The average Bonchev–Trinajstić information content (AvgIpc) is 3.74. The molecule has 6 aromatic rings. The number of pyridine rings is 2. The summed E-state index contributed by atoms with van der Waals surface area (Å²) in [6.07, 6.45) is 13.7. The molecule has 52 heavy (non-hydrogen) atoms. The van der Waals surface area contributed by atoms with Gasteiger partial charge < -0.3 is 31.9 Å². The van der Waals surface area contributed by atoms with Crippen molar-refractivity contribution in [3.63, 3.8) is 0 Å². The molecule has 0 radical (unpaired) electrons. The van der Waals surface area contributed by atoms with E-state index in [9.17, 15) is 0 Å². The minimum absolute atomic E-state index is 0.370. The fourth-order valence-corrected chi connectivity index (χ4v) is 7.06. The summed E-state index contributed by atoms with van der Waals surface area (Å²) in [5.41, 5.74) is 19.7. The lowest BCUT2D eigenvalue weighted by Gasteiger charge is -2.29. The highest BCUT2D eigenvalue weighted by molar-refractivity contribution is 5.95. The van der Waals surface area contributed by atoms with Crippen LogP contribution in [-0.4, -0.2) is 112 Å². The van der Waals surface area contributed by atoms with E-state index in [0.29, 0.717) is 46.9 Å². The van der Waals surface area contributed by atoms with Gasteiger partial charge in [-0.05, 0) is 91.4 Å². The first-order valence-corrected chi connectivity index (χ1v) is 17.8. The number of nitrogens with one attached hydrogen (secondary N) is 2. The largest absolute Gasteiger partial charge is 0.383 e. The van der Waals surface area contributed by atoms with Crippen LogP contribution in [0.4, 0.5) is 23.5 Å². The molecule has 16 nitrogen and oxygen atoms in total. The average molecular weight is 705 g/mol. The number of nitrogens with two attached hydrogens (primary N) is 2. The molecule has 0 atom stereocenters. The van der Waals surface area contributed by atoms with Crippen LogP contribution in [-0.2, 0) is 14.1 Å². The highest BCUT2D eigenvalue weighted by atomic mass is 15.2. The van der Waals surface area contributed by atoms with Crippen molar-refractivity contribution in [2.45, 2.75) is 51.6 Å². The van der Waals surface area contributed by atoms with Crippen molar-refractivity contribution in [3.8, 4) is 22.3 Å². The number of likely N-dealkylation sites (tertiary alicyclic amines) is 2. The molecule has 2 aliphatic rings. The van der Waals surface area contributed by atoms with E-state index in [1.807, 2.05) is 52.6 Å². The van der Waals surface area contributed by atoms with Crippen LogP contribution in [0.25, 0.3) is 44.3 Å². The summed E-state index contributed by atoms with van der Waals surface area (Å²) in [5, 5.41) is 16.9. The molecule has 0 amide bonds. The van der Waals surface area contributed by atoms with E-state index in [2.05, 4.69) is 69.6 Å².